The Morgan fingerprint density at radius 1 is 0.795 bits per heavy atom. The number of carbonyl (C=O) groups is 2. The molecule has 0 saturated carbocycles. The molecule has 8 nitrogen and oxygen atoms in total. The van der Waals surface area contributed by atoms with E-state index in [1.807, 2.05) is 115 Å². The van der Waals surface area contributed by atoms with Gasteiger partial charge in [-0.3, -0.25) is 9.59 Å². The molecule has 4 aromatic carbocycles. The van der Waals surface area contributed by atoms with E-state index in [1.165, 1.54) is 0 Å². The van der Waals surface area contributed by atoms with Crippen molar-refractivity contribution in [2.75, 3.05) is 28.6 Å². The zero-order valence-electron chi connectivity index (χ0n) is 24.4. The number of H-pyrrole nitrogens is 1. The maximum Gasteiger partial charge on any atom is 0.255 e. The molecule has 7 rings (SSSR count). The zero-order valence-corrected chi connectivity index (χ0v) is 24.4. The summed E-state index contributed by atoms with van der Waals surface area (Å²) in [7, 11) is 1.99. The van der Waals surface area contributed by atoms with Crippen LogP contribution in [0.2, 0.25) is 0 Å². The highest BCUT2D eigenvalue weighted by molar-refractivity contribution is 6.07. The van der Waals surface area contributed by atoms with Crippen LogP contribution in [0.3, 0.4) is 0 Å². The monoisotopic (exact) mass is 583 g/mol. The van der Waals surface area contributed by atoms with Gasteiger partial charge in [-0.05, 0) is 91.2 Å². The first-order valence-electron chi connectivity index (χ1n) is 14.8. The number of aliphatic hydroxyl groups is 1. The second-order valence-electron chi connectivity index (χ2n) is 11.4. The Labute approximate surface area is 254 Å². The van der Waals surface area contributed by atoms with Gasteiger partial charge < -0.3 is 30.2 Å². The van der Waals surface area contributed by atoms with Crippen LogP contribution in [0.1, 0.15) is 33.6 Å². The molecular weight excluding hydrogens is 550 g/mol. The maximum absolute atomic E-state index is 13.0. The molecule has 0 spiro atoms. The molecule has 0 aliphatic carbocycles. The van der Waals surface area contributed by atoms with Crippen LogP contribution in [0.25, 0.3) is 32.9 Å². The van der Waals surface area contributed by atoms with Gasteiger partial charge in [-0.1, -0.05) is 18.2 Å². The molecule has 1 fully saturated rings. The Balaban J connectivity index is 1.01. The molecule has 8 heteroatoms. The van der Waals surface area contributed by atoms with Crippen molar-refractivity contribution in [1.82, 2.24) is 9.55 Å². The highest BCUT2D eigenvalue weighted by Gasteiger charge is 2.18. The smallest absolute Gasteiger partial charge is 0.255 e. The van der Waals surface area contributed by atoms with E-state index in [0.717, 1.165) is 70.2 Å². The van der Waals surface area contributed by atoms with E-state index in [9.17, 15) is 14.7 Å². The van der Waals surface area contributed by atoms with Gasteiger partial charge in [-0.15, -0.1) is 0 Å². The van der Waals surface area contributed by atoms with Crippen LogP contribution in [0, 0.1) is 0 Å². The molecule has 0 unspecified atom stereocenters. The summed E-state index contributed by atoms with van der Waals surface area (Å²) in [6.45, 7) is 1.63. The summed E-state index contributed by atoms with van der Waals surface area (Å²) in [6.07, 6.45) is 5.25. The second-order valence-corrected chi connectivity index (χ2v) is 11.4. The first kappa shape index (κ1) is 27.5. The summed E-state index contributed by atoms with van der Waals surface area (Å²) >= 11 is 0. The van der Waals surface area contributed by atoms with Crippen molar-refractivity contribution in [1.29, 1.82) is 0 Å². The number of amides is 2. The zero-order chi connectivity index (χ0) is 30.2. The molecule has 44 heavy (non-hydrogen) atoms. The third-order valence-electron chi connectivity index (χ3n) is 8.50. The summed E-state index contributed by atoms with van der Waals surface area (Å²) in [5.74, 6) is -0.318. The molecule has 0 bridgehead atoms. The minimum Gasteiger partial charge on any atom is -0.393 e. The number of hydrogen-bond donors (Lipinski definition) is 4. The number of nitrogens with one attached hydrogen (secondary N) is 3. The van der Waals surface area contributed by atoms with Gasteiger partial charge in [-0.25, -0.2) is 0 Å². The number of aromatic nitrogens is 2. The fourth-order valence-corrected chi connectivity index (χ4v) is 5.95. The van der Waals surface area contributed by atoms with Crippen molar-refractivity contribution in [3.05, 3.63) is 115 Å². The minimum absolute atomic E-state index is 0.149. The van der Waals surface area contributed by atoms with Gasteiger partial charge in [-0.2, -0.15) is 0 Å². The number of anilines is 3. The van der Waals surface area contributed by atoms with Crippen molar-refractivity contribution in [2.24, 2.45) is 7.05 Å². The number of fused-ring (bicyclic) bond motifs is 2. The van der Waals surface area contributed by atoms with Gasteiger partial charge in [0.2, 0.25) is 0 Å². The van der Waals surface area contributed by atoms with Crippen LogP contribution in [0.5, 0.6) is 0 Å². The van der Waals surface area contributed by atoms with Gasteiger partial charge in [0.1, 0.15) is 0 Å². The fraction of sp³-hybridized carbons (Fsp3) is 0.167. The van der Waals surface area contributed by atoms with Crippen molar-refractivity contribution in [3.8, 4) is 11.1 Å². The lowest BCUT2D eigenvalue weighted by Crippen LogP contribution is -2.35. The second kappa shape index (κ2) is 11.4. The Bertz CT molecular complexity index is 1980. The van der Waals surface area contributed by atoms with Crippen LogP contribution in [0.4, 0.5) is 17.1 Å². The first-order valence-corrected chi connectivity index (χ1v) is 14.8. The third kappa shape index (κ3) is 5.43. The predicted octanol–water partition coefficient (Wildman–Crippen LogP) is 6.79. The number of piperidine rings is 1. The summed E-state index contributed by atoms with van der Waals surface area (Å²) in [4.78, 5) is 31.4. The molecule has 1 saturated heterocycles. The molecule has 3 heterocycles. The molecule has 0 atom stereocenters. The third-order valence-corrected chi connectivity index (χ3v) is 8.50. The molecular formula is C36H33N5O3. The summed E-state index contributed by atoms with van der Waals surface area (Å²) in [6, 6.07) is 29.0. The number of carbonyl (C=O) groups excluding carboxylic acids is 2. The molecule has 2 aromatic heterocycles. The number of aromatic amines is 1. The fourth-order valence-electron chi connectivity index (χ4n) is 5.95. The Morgan fingerprint density at radius 2 is 1.48 bits per heavy atom. The van der Waals surface area contributed by atoms with Gasteiger partial charge in [0.15, 0.2) is 0 Å². The lowest BCUT2D eigenvalue weighted by molar-refractivity contribution is 0.101. The van der Waals surface area contributed by atoms with E-state index >= 15 is 0 Å². The van der Waals surface area contributed by atoms with Gasteiger partial charge in [0, 0.05) is 88.1 Å². The summed E-state index contributed by atoms with van der Waals surface area (Å²) in [5.41, 5.74) is 7.74. The van der Waals surface area contributed by atoms with Gasteiger partial charge in [0.25, 0.3) is 11.8 Å². The van der Waals surface area contributed by atoms with Crippen molar-refractivity contribution >= 4 is 50.7 Å². The van der Waals surface area contributed by atoms with Crippen molar-refractivity contribution < 1.29 is 14.7 Å². The molecule has 6 aromatic rings. The predicted molar refractivity (Wildman–Crippen MR) is 176 cm³/mol. The van der Waals surface area contributed by atoms with Crippen LogP contribution in [-0.4, -0.2) is 45.7 Å². The number of aliphatic hydroxyl groups excluding tert-OH is 1. The average Bonchev–Trinajstić information content (AvgIpc) is 3.64. The largest absolute Gasteiger partial charge is 0.393 e. The highest BCUT2D eigenvalue weighted by Crippen LogP contribution is 2.31. The molecule has 0 radical (unpaired) electrons. The topological polar surface area (TPSA) is 102 Å². The number of aryl methyl sites for hydroxylation is 1. The van der Waals surface area contributed by atoms with Gasteiger partial charge >= 0.3 is 0 Å². The van der Waals surface area contributed by atoms with Gasteiger partial charge in [0.05, 0.1) is 6.10 Å². The summed E-state index contributed by atoms with van der Waals surface area (Å²) < 4.78 is 2.03. The van der Waals surface area contributed by atoms with Crippen molar-refractivity contribution in [3.63, 3.8) is 0 Å². The van der Waals surface area contributed by atoms with Crippen LogP contribution in [0.15, 0.2) is 103 Å². The molecule has 2 amide bonds. The summed E-state index contributed by atoms with van der Waals surface area (Å²) in [5, 5.41) is 17.8. The number of rotatable bonds is 6. The van der Waals surface area contributed by atoms with Crippen LogP contribution < -0.4 is 15.5 Å². The van der Waals surface area contributed by atoms with Crippen molar-refractivity contribution in [2.45, 2.75) is 18.9 Å². The lowest BCUT2D eigenvalue weighted by atomic mass is 10.0. The van der Waals surface area contributed by atoms with Crippen LogP contribution in [-0.2, 0) is 7.05 Å². The molecule has 1 aliphatic heterocycles. The molecule has 220 valence electrons. The van der Waals surface area contributed by atoms with E-state index in [4.69, 9.17) is 0 Å². The number of nitrogens with zero attached hydrogens (tertiary/aromatic N) is 2. The van der Waals surface area contributed by atoms with E-state index in [-0.39, 0.29) is 17.9 Å². The maximum atomic E-state index is 13.0. The average molecular weight is 584 g/mol. The molecule has 4 N–H and O–H groups in total. The highest BCUT2D eigenvalue weighted by atomic mass is 16.3. The number of hydrogen-bond acceptors (Lipinski definition) is 4. The standard InChI is InChI=1S/C36H33N5O3/c1-40-17-14-25-20-26(6-13-34(25)40)36(44)38-27-7-2-23(3-8-27)32-22-37-33-21-28(9-12-31(32)33)39-35(43)24-4-10-29(11-5-24)41-18-15-30(42)16-19-41/h2-14,17,20-22,30,37,42H,15-16,18-19H2,1H3,(H,38,44)(H,39,43). The van der Waals surface area contributed by atoms with E-state index in [1.54, 1.807) is 0 Å². The van der Waals surface area contributed by atoms with Crippen LogP contribution >= 0.6 is 0 Å². The van der Waals surface area contributed by atoms with E-state index in [0.29, 0.717) is 16.8 Å². The van der Waals surface area contributed by atoms with E-state index < -0.39 is 0 Å². The quantitative estimate of drug-likeness (QED) is 0.173. The lowest BCUT2D eigenvalue weighted by Gasteiger charge is -2.31. The SMILES string of the molecule is Cn1ccc2cc(C(=O)Nc3ccc(-c4c[nH]c5cc(NC(=O)c6ccc(N7CCC(O)CC7)cc6)ccc45)cc3)ccc21. The minimum atomic E-state index is -0.216. The Kier molecular flexibility index (Phi) is 7.12. The normalized spacial score (nSPS) is 13.8. The molecule has 1 aliphatic rings. The Hall–Kier alpha value is -5.34. The first-order chi connectivity index (χ1) is 21.4. The number of benzene rings is 4. The van der Waals surface area contributed by atoms with E-state index in [2.05, 4.69) is 20.5 Å². The Morgan fingerprint density at radius 3 is 2.25 bits per heavy atom.